The van der Waals surface area contributed by atoms with Crippen LogP contribution < -0.4 is 14.8 Å². The third kappa shape index (κ3) is 4.54. The van der Waals surface area contributed by atoms with E-state index in [1.165, 1.54) is 38.8 Å². The van der Waals surface area contributed by atoms with Gasteiger partial charge in [0, 0.05) is 24.2 Å². The van der Waals surface area contributed by atoms with Crippen LogP contribution in [0, 0.1) is 5.92 Å². The number of hydrogen-bond acceptors (Lipinski definition) is 4. The van der Waals surface area contributed by atoms with E-state index in [1.54, 1.807) is 7.11 Å². The molecule has 154 valence electrons. The van der Waals surface area contributed by atoms with Gasteiger partial charge in [0.05, 0.1) is 20.2 Å². The largest absolute Gasteiger partial charge is 0.497 e. The van der Waals surface area contributed by atoms with Crippen LogP contribution in [0.5, 0.6) is 11.5 Å². The number of rotatable bonds is 4. The molecule has 0 atom stereocenters. The molecule has 4 rings (SSSR count). The number of benzene rings is 1. The third-order valence-corrected chi connectivity index (χ3v) is 6.13. The van der Waals surface area contributed by atoms with Crippen LogP contribution in [0.15, 0.2) is 18.2 Å². The Balaban J connectivity index is 1.35. The number of hydrogen-bond donors (Lipinski definition) is 1. The van der Waals surface area contributed by atoms with Crippen molar-refractivity contribution >= 4 is 6.03 Å². The lowest BCUT2D eigenvalue weighted by atomic mass is 9.97. The van der Waals surface area contributed by atoms with Gasteiger partial charge in [-0.25, -0.2) is 4.79 Å². The van der Waals surface area contributed by atoms with Crippen molar-refractivity contribution in [2.75, 3.05) is 33.3 Å². The molecule has 0 spiro atoms. The van der Waals surface area contributed by atoms with Gasteiger partial charge in [-0.1, -0.05) is 0 Å². The summed E-state index contributed by atoms with van der Waals surface area (Å²) >= 11 is 0. The Hall–Kier alpha value is -1.95. The third-order valence-electron chi connectivity index (χ3n) is 6.13. The summed E-state index contributed by atoms with van der Waals surface area (Å²) in [4.78, 5) is 17.4. The number of likely N-dealkylation sites (tertiary alicyclic amines) is 1. The minimum Gasteiger partial charge on any atom is -0.497 e. The number of amides is 2. The van der Waals surface area contributed by atoms with Crippen LogP contribution >= 0.6 is 0 Å². The summed E-state index contributed by atoms with van der Waals surface area (Å²) in [5, 5.41) is 3.19. The van der Waals surface area contributed by atoms with E-state index < -0.39 is 5.60 Å². The first-order valence-electron chi connectivity index (χ1n) is 10.6. The number of methoxy groups -OCH3 is 1. The molecular formula is C22H33N3O3. The SMILES string of the molecule is COc1ccc2c(c1)OC(C)(C)CN(C(=O)NCC1CCN(C3CC3)CC1)C2. The van der Waals surface area contributed by atoms with Gasteiger partial charge in [0.25, 0.3) is 0 Å². The molecule has 6 nitrogen and oxygen atoms in total. The zero-order valence-corrected chi connectivity index (χ0v) is 17.4. The number of urea groups is 1. The Morgan fingerprint density at radius 1 is 1.25 bits per heavy atom. The van der Waals surface area contributed by atoms with Gasteiger partial charge >= 0.3 is 6.03 Å². The summed E-state index contributed by atoms with van der Waals surface area (Å²) in [6.07, 6.45) is 5.13. The van der Waals surface area contributed by atoms with Gasteiger partial charge in [-0.15, -0.1) is 0 Å². The van der Waals surface area contributed by atoms with Crippen molar-refractivity contribution in [1.82, 2.24) is 15.1 Å². The van der Waals surface area contributed by atoms with E-state index in [4.69, 9.17) is 9.47 Å². The molecule has 3 aliphatic rings. The minimum atomic E-state index is -0.454. The van der Waals surface area contributed by atoms with Gasteiger partial charge in [-0.3, -0.25) is 0 Å². The predicted molar refractivity (Wildman–Crippen MR) is 109 cm³/mol. The number of ether oxygens (including phenoxy) is 2. The highest BCUT2D eigenvalue weighted by atomic mass is 16.5. The second-order valence-corrected chi connectivity index (χ2v) is 9.09. The molecule has 0 bridgehead atoms. The molecule has 28 heavy (non-hydrogen) atoms. The Bertz CT molecular complexity index is 709. The number of nitrogens with one attached hydrogen (secondary N) is 1. The molecule has 2 amide bonds. The molecule has 1 saturated carbocycles. The Morgan fingerprint density at radius 3 is 2.68 bits per heavy atom. The van der Waals surface area contributed by atoms with Gasteiger partial charge in [-0.2, -0.15) is 0 Å². The van der Waals surface area contributed by atoms with E-state index in [-0.39, 0.29) is 6.03 Å². The van der Waals surface area contributed by atoms with E-state index >= 15 is 0 Å². The van der Waals surface area contributed by atoms with Crippen molar-refractivity contribution in [3.05, 3.63) is 23.8 Å². The lowest BCUT2D eigenvalue weighted by molar-refractivity contribution is 0.0799. The fourth-order valence-corrected chi connectivity index (χ4v) is 4.39. The van der Waals surface area contributed by atoms with Crippen LogP contribution in [0.3, 0.4) is 0 Å². The normalized spacial score (nSPS) is 22.8. The predicted octanol–water partition coefficient (Wildman–Crippen LogP) is 3.25. The van der Waals surface area contributed by atoms with E-state index in [0.717, 1.165) is 29.6 Å². The van der Waals surface area contributed by atoms with Crippen molar-refractivity contribution in [2.45, 2.75) is 57.7 Å². The summed E-state index contributed by atoms with van der Waals surface area (Å²) in [5.74, 6) is 2.16. The second kappa shape index (κ2) is 7.82. The molecule has 2 heterocycles. The lowest BCUT2D eigenvalue weighted by Gasteiger charge is -2.33. The molecule has 0 aromatic heterocycles. The van der Waals surface area contributed by atoms with Crippen molar-refractivity contribution in [2.24, 2.45) is 5.92 Å². The monoisotopic (exact) mass is 387 g/mol. The molecule has 2 aliphatic heterocycles. The number of nitrogens with zero attached hydrogens (tertiary/aromatic N) is 2. The standard InChI is InChI=1S/C22H33N3O3/c1-22(2)15-25(14-17-4-7-19(27-3)12-20(17)28-22)21(26)23-13-16-8-10-24(11-9-16)18-5-6-18/h4,7,12,16,18H,5-6,8-11,13-15H2,1-3H3,(H,23,26). The number of fused-ring (bicyclic) bond motifs is 1. The highest BCUT2D eigenvalue weighted by Gasteiger charge is 2.33. The van der Waals surface area contributed by atoms with Crippen LogP contribution in [0.2, 0.25) is 0 Å². The second-order valence-electron chi connectivity index (χ2n) is 9.09. The first-order valence-corrected chi connectivity index (χ1v) is 10.6. The average Bonchev–Trinajstić information content (AvgIpc) is 3.52. The molecular weight excluding hydrogens is 354 g/mol. The van der Waals surface area contributed by atoms with E-state index in [1.807, 2.05) is 36.9 Å². The summed E-state index contributed by atoms with van der Waals surface area (Å²) < 4.78 is 11.5. The maximum Gasteiger partial charge on any atom is 0.317 e. The van der Waals surface area contributed by atoms with Gasteiger partial charge in [0.2, 0.25) is 0 Å². The van der Waals surface area contributed by atoms with Gasteiger partial charge in [0.1, 0.15) is 17.1 Å². The van der Waals surface area contributed by atoms with E-state index in [0.29, 0.717) is 19.0 Å². The zero-order valence-electron chi connectivity index (χ0n) is 17.4. The maximum absolute atomic E-state index is 12.9. The molecule has 0 radical (unpaired) electrons. The Labute approximate surface area is 168 Å². The van der Waals surface area contributed by atoms with Gasteiger partial charge < -0.3 is 24.6 Å². The fraction of sp³-hybridized carbons (Fsp3) is 0.682. The molecule has 0 unspecified atom stereocenters. The lowest BCUT2D eigenvalue weighted by Crippen LogP contribution is -2.48. The number of piperidine rings is 1. The topological polar surface area (TPSA) is 54.0 Å². The average molecular weight is 388 g/mol. The molecule has 1 aliphatic carbocycles. The van der Waals surface area contributed by atoms with Crippen LogP contribution in [0.25, 0.3) is 0 Å². The molecule has 2 fully saturated rings. The number of carbonyl (C=O) groups excluding carboxylic acids is 1. The fourth-order valence-electron chi connectivity index (χ4n) is 4.39. The first-order chi connectivity index (χ1) is 13.4. The summed E-state index contributed by atoms with van der Waals surface area (Å²) in [6.45, 7) is 8.29. The Morgan fingerprint density at radius 2 is 2.00 bits per heavy atom. The van der Waals surface area contributed by atoms with Crippen LogP contribution in [0.4, 0.5) is 4.79 Å². The summed E-state index contributed by atoms with van der Waals surface area (Å²) in [5.41, 5.74) is 0.559. The van der Waals surface area contributed by atoms with Crippen molar-refractivity contribution in [3.8, 4) is 11.5 Å². The molecule has 6 heteroatoms. The van der Waals surface area contributed by atoms with E-state index in [2.05, 4.69) is 10.2 Å². The van der Waals surface area contributed by atoms with Gasteiger partial charge in [-0.05, 0) is 70.7 Å². The molecule has 1 N–H and O–H groups in total. The summed E-state index contributed by atoms with van der Waals surface area (Å²) in [7, 11) is 1.65. The molecule has 1 aromatic carbocycles. The van der Waals surface area contributed by atoms with E-state index in [9.17, 15) is 4.79 Å². The maximum atomic E-state index is 12.9. The highest BCUT2D eigenvalue weighted by Crippen LogP contribution is 2.33. The zero-order chi connectivity index (χ0) is 19.7. The van der Waals surface area contributed by atoms with Crippen LogP contribution in [0.1, 0.15) is 45.1 Å². The quantitative estimate of drug-likeness (QED) is 0.862. The van der Waals surface area contributed by atoms with Crippen molar-refractivity contribution < 1.29 is 14.3 Å². The first kappa shape index (κ1) is 19.4. The van der Waals surface area contributed by atoms with Crippen LogP contribution in [-0.2, 0) is 6.54 Å². The van der Waals surface area contributed by atoms with Gasteiger partial charge in [0.15, 0.2) is 0 Å². The number of carbonyl (C=O) groups is 1. The molecule has 1 aromatic rings. The smallest absolute Gasteiger partial charge is 0.317 e. The van der Waals surface area contributed by atoms with Crippen molar-refractivity contribution in [3.63, 3.8) is 0 Å². The summed E-state index contributed by atoms with van der Waals surface area (Å²) in [6, 6.07) is 6.68. The molecule has 1 saturated heterocycles. The highest BCUT2D eigenvalue weighted by molar-refractivity contribution is 5.74. The minimum absolute atomic E-state index is 0.00460. The Kier molecular flexibility index (Phi) is 5.41. The van der Waals surface area contributed by atoms with Crippen molar-refractivity contribution in [1.29, 1.82) is 0 Å². The van der Waals surface area contributed by atoms with Crippen LogP contribution in [-0.4, -0.2) is 60.8 Å².